The van der Waals surface area contributed by atoms with E-state index in [2.05, 4.69) is 0 Å². The maximum atomic E-state index is 10.5. The molecule has 0 aliphatic heterocycles. The van der Waals surface area contributed by atoms with Gasteiger partial charge in [-0.15, -0.1) is 11.6 Å². The van der Waals surface area contributed by atoms with Gasteiger partial charge in [0.25, 0.3) is 0 Å². The molecule has 0 radical (unpaired) electrons. The largest absolute Gasteiger partial charge is 0.493 e. The van der Waals surface area contributed by atoms with Crippen LogP contribution in [0.2, 0.25) is 5.02 Å². The summed E-state index contributed by atoms with van der Waals surface area (Å²) in [6.07, 6.45) is 6.40. The number of rotatable bonds is 9. The first-order valence-corrected chi connectivity index (χ1v) is 9.36. The van der Waals surface area contributed by atoms with E-state index >= 15 is 0 Å². The van der Waals surface area contributed by atoms with Crippen LogP contribution in [0.1, 0.15) is 32.1 Å². The van der Waals surface area contributed by atoms with Gasteiger partial charge in [-0.25, -0.2) is 0 Å². The molecule has 1 aliphatic carbocycles. The Labute approximate surface area is 158 Å². The molecule has 0 unspecified atom stereocenters. The second kappa shape index (κ2) is 10.0. The van der Waals surface area contributed by atoms with Gasteiger partial charge >= 0.3 is 5.97 Å². The monoisotopic (exact) mass is 386 g/mol. The lowest BCUT2D eigenvalue weighted by molar-refractivity contribution is -0.137. The predicted molar refractivity (Wildman–Crippen MR) is 99.4 cm³/mol. The fourth-order valence-electron chi connectivity index (χ4n) is 3.18. The third-order valence-electron chi connectivity index (χ3n) is 4.55. The van der Waals surface area contributed by atoms with Gasteiger partial charge in [0.1, 0.15) is 5.75 Å². The Morgan fingerprint density at radius 1 is 1.32 bits per heavy atom. The molecule has 1 fully saturated rings. The number of carboxylic acid groups (broad SMARTS) is 1. The fourth-order valence-corrected chi connectivity index (χ4v) is 3.84. The minimum Gasteiger partial charge on any atom is -0.493 e. The Kier molecular flexibility index (Phi) is 8.07. The normalized spacial score (nSPS) is 26.2. The number of allylic oxidation sites excluding steroid dienone is 2. The number of aliphatic hydroxyl groups is 1. The molecular formula is C19H24Cl2O4. The highest BCUT2D eigenvalue weighted by molar-refractivity contribution is 6.30. The molecule has 0 saturated heterocycles. The number of hydrogen-bond donors (Lipinski definition) is 2. The Bertz CT molecular complexity index is 591. The summed E-state index contributed by atoms with van der Waals surface area (Å²) in [6.45, 7) is 0.391. The number of aliphatic carboxylic acids is 1. The number of benzene rings is 1. The van der Waals surface area contributed by atoms with Gasteiger partial charge in [-0.1, -0.05) is 29.8 Å². The molecule has 1 aromatic carbocycles. The molecule has 0 spiro atoms. The first-order valence-electron chi connectivity index (χ1n) is 8.54. The standard InChI is InChI=1S/C19H24Cl2O4/c20-13-6-5-7-14(10-13)25-12-16-15(17(21)11-18(16)22)8-3-1-2-4-9-19(23)24/h1,3,5-7,10,15-18,22H,2,4,8-9,11-12H2,(H,23,24)/t15-,16-,17-,18-/m1/s1. The summed E-state index contributed by atoms with van der Waals surface area (Å²) in [5.74, 6) is 0.00350. The molecule has 0 aromatic heterocycles. The molecule has 0 bridgehead atoms. The number of aliphatic hydroxyl groups excluding tert-OH is 1. The molecule has 4 nitrogen and oxygen atoms in total. The van der Waals surface area contributed by atoms with Gasteiger partial charge in [-0.05, 0) is 49.8 Å². The average molecular weight is 387 g/mol. The minimum atomic E-state index is -0.772. The maximum Gasteiger partial charge on any atom is 0.303 e. The summed E-state index contributed by atoms with van der Waals surface area (Å²) in [7, 11) is 0. The van der Waals surface area contributed by atoms with E-state index in [1.807, 2.05) is 24.3 Å². The van der Waals surface area contributed by atoms with Crippen molar-refractivity contribution in [1.82, 2.24) is 0 Å². The third kappa shape index (κ3) is 6.53. The van der Waals surface area contributed by atoms with Crippen LogP contribution in [0.4, 0.5) is 0 Å². The zero-order valence-electron chi connectivity index (χ0n) is 14.0. The number of carbonyl (C=O) groups is 1. The molecule has 1 aliphatic rings. The zero-order valence-corrected chi connectivity index (χ0v) is 15.5. The lowest BCUT2D eigenvalue weighted by Gasteiger charge is -2.22. The maximum absolute atomic E-state index is 10.5. The molecule has 2 rings (SSSR count). The van der Waals surface area contributed by atoms with Gasteiger partial charge in [0, 0.05) is 22.7 Å². The first-order chi connectivity index (χ1) is 12.0. The van der Waals surface area contributed by atoms with Gasteiger partial charge in [0.15, 0.2) is 0 Å². The number of unbranched alkanes of at least 4 members (excludes halogenated alkanes) is 1. The quantitative estimate of drug-likeness (QED) is 0.371. The van der Waals surface area contributed by atoms with Crippen molar-refractivity contribution in [3.63, 3.8) is 0 Å². The summed E-state index contributed by atoms with van der Waals surface area (Å²) < 4.78 is 5.80. The number of halogens is 2. The molecule has 1 aromatic rings. The third-order valence-corrected chi connectivity index (χ3v) is 5.29. The summed E-state index contributed by atoms with van der Waals surface area (Å²) in [4.78, 5) is 10.5. The lowest BCUT2D eigenvalue weighted by atomic mass is 9.92. The highest BCUT2D eigenvalue weighted by Gasteiger charge is 2.41. The molecule has 6 heteroatoms. The van der Waals surface area contributed by atoms with Gasteiger partial charge in [0.2, 0.25) is 0 Å². The van der Waals surface area contributed by atoms with Crippen molar-refractivity contribution in [2.24, 2.45) is 11.8 Å². The zero-order chi connectivity index (χ0) is 18.2. The van der Waals surface area contributed by atoms with Crippen LogP contribution >= 0.6 is 23.2 Å². The summed E-state index contributed by atoms with van der Waals surface area (Å²) in [5.41, 5.74) is 0. The van der Waals surface area contributed by atoms with Crippen LogP contribution in [0.5, 0.6) is 5.75 Å². The van der Waals surface area contributed by atoms with Crippen LogP contribution < -0.4 is 4.74 Å². The lowest BCUT2D eigenvalue weighted by Crippen LogP contribution is -2.27. The van der Waals surface area contributed by atoms with E-state index in [4.69, 9.17) is 33.0 Å². The van der Waals surface area contributed by atoms with Crippen molar-refractivity contribution < 1.29 is 19.7 Å². The van der Waals surface area contributed by atoms with Crippen molar-refractivity contribution in [1.29, 1.82) is 0 Å². The van der Waals surface area contributed by atoms with E-state index in [0.29, 0.717) is 30.2 Å². The summed E-state index contributed by atoms with van der Waals surface area (Å²) >= 11 is 12.4. The van der Waals surface area contributed by atoms with Crippen molar-refractivity contribution in [3.05, 3.63) is 41.4 Å². The number of hydrogen-bond acceptors (Lipinski definition) is 3. The predicted octanol–water partition coefficient (Wildman–Crippen LogP) is 4.52. The average Bonchev–Trinajstić information content (AvgIpc) is 2.82. The molecule has 25 heavy (non-hydrogen) atoms. The van der Waals surface area contributed by atoms with E-state index < -0.39 is 12.1 Å². The van der Waals surface area contributed by atoms with Crippen LogP contribution in [0.3, 0.4) is 0 Å². The molecule has 0 amide bonds. The van der Waals surface area contributed by atoms with E-state index in [1.54, 1.807) is 12.1 Å². The van der Waals surface area contributed by atoms with Crippen LogP contribution in [-0.2, 0) is 4.79 Å². The molecule has 2 N–H and O–H groups in total. The van der Waals surface area contributed by atoms with Crippen molar-refractivity contribution >= 4 is 29.2 Å². The Balaban J connectivity index is 1.84. The van der Waals surface area contributed by atoms with Gasteiger partial charge in [-0.3, -0.25) is 4.79 Å². The van der Waals surface area contributed by atoms with E-state index in [9.17, 15) is 9.90 Å². The first kappa shape index (κ1) is 20.1. The smallest absolute Gasteiger partial charge is 0.303 e. The fraction of sp³-hybridized carbons (Fsp3) is 0.526. The number of ether oxygens (including phenoxy) is 1. The molecular weight excluding hydrogens is 363 g/mol. The summed E-state index contributed by atoms with van der Waals surface area (Å²) in [5, 5.41) is 19.4. The minimum absolute atomic E-state index is 0.0369. The Morgan fingerprint density at radius 2 is 2.12 bits per heavy atom. The summed E-state index contributed by atoms with van der Waals surface area (Å²) in [6, 6.07) is 7.19. The van der Waals surface area contributed by atoms with Crippen molar-refractivity contribution in [3.8, 4) is 5.75 Å². The SMILES string of the molecule is O=C(O)CCCC=CC[C@@H]1[C@@H](COc2cccc(Cl)c2)[C@H](O)C[C@H]1Cl. The van der Waals surface area contributed by atoms with Crippen LogP contribution in [-0.4, -0.2) is 34.3 Å². The topological polar surface area (TPSA) is 66.8 Å². The van der Waals surface area contributed by atoms with Crippen molar-refractivity contribution in [2.45, 2.75) is 43.6 Å². The van der Waals surface area contributed by atoms with Gasteiger partial charge in [-0.2, -0.15) is 0 Å². The second-order valence-corrected chi connectivity index (χ2v) is 7.41. The molecule has 138 valence electrons. The number of carboxylic acids is 1. The van der Waals surface area contributed by atoms with E-state index in [-0.39, 0.29) is 23.6 Å². The molecule has 4 atom stereocenters. The van der Waals surface area contributed by atoms with Gasteiger partial charge < -0.3 is 14.9 Å². The molecule has 0 heterocycles. The second-order valence-electron chi connectivity index (χ2n) is 6.41. The van der Waals surface area contributed by atoms with Crippen LogP contribution in [0.15, 0.2) is 36.4 Å². The van der Waals surface area contributed by atoms with Crippen LogP contribution in [0, 0.1) is 11.8 Å². The van der Waals surface area contributed by atoms with Crippen molar-refractivity contribution in [2.75, 3.05) is 6.61 Å². The Morgan fingerprint density at radius 3 is 2.84 bits per heavy atom. The van der Waals surface area contributed by atoms with E-state index in [1.165, 1.54) is 0 Å². The van der Waals surface area contributed by atoms with Gasteiger partial charge in [0.05, 0.1) is 12.7 Å². The Hall–Kier alpha value is -1.23. The highest BCUT2D eigenvalue weighted by Crippen LogP contribution is 2.39. The van der Waals surface area contributed by atoms with Crippen LogP contribution in [0.25, 0.3) is 0 Å². The van der Waals surface area contributed by atoms with E-state index in [0.717, 1.165) is 12.8 Å². The molecule has 1 saturated carbocycles. The number of alkyl halides is 1. The highest BCUT2D eigenvalue weighted by atomic mass is 35.5.